The Balaban J connectivity index is 2.57. The van der Waals surface area contributed by atoms with Crippen LogP contribution in [0.15, 0.2) is 12.3 Å². The van der Waals surface area contributed by atoms with Crippen LogP contribution in [0.2, 0.25) is 0 Å². The predicted molar refractivity (Wildman–Crippen MR) is 75.2 cm³/mol. The molecule has 0 saturated heterocycles. The molecule has 2 heteroatoms. The maximum atomic E-state index is 3.48. The van der Waals surface area contributed by atoms with Gasteiger partial charge in [-0.05, 0) is 30.9 Å². The molecule has 0 bridgehead atoms. The Morgan fingerprint density at radius 2 is 2.00 bits per heavy atom. The number of hydrogen-bond acceptors (Lipinski definition) is 1. The Bertz CT molecular complexity index is 326. The van der Waals surface area contributed by atoms with Gasteiger partial charge in [0.05, 0.1) is 0 Å². The largest absolute Gasteiger partial charge is 0.351 e. The first kappa shape index (κ1) is 14.3. The molecule has 0 aliphatic heterocycles. The molecule has 0 spiro atoms. The molecule has 1 rings (SSSR count). The SMILES string of the molecule is CCCC(C)Cn1ccc(CNC(C)C)c1C. The average molecular weight is 236 g/mol. The van der Waals surface area contributed by atoms with Crippen LogP contribution in [0, 0.1) is 12.8 Å². The van der Waals surface area contributed by atoms with Crippen molar-refractivity contribution < 1.29 is 0 Å². The van der Waals surface area contributed by atoms with E-state index in [0.717, 1.165) is 19.0 Å². The number of nitrogens with one attached hydrogen (secondary N) is 1. The number of nitrogens with zero attached hydrogens (tertiary/aromatic N) is 1. The highest BCUT2D eigenvalue weighted by Gasteiger charge is 2.08. The molecule has 1 unspecified atom stereocenters. The maximum absolute atomic E-state index is 3.48. The van der Waals surface area contributed by atoms with Gasteiger partial charge in [0.2, 0.25) is 0 Å². The third-order valence-corrected chi connectivity index (χ3v) is 3.34. The van der Waals surface area contributed by atoms with Crippen LogP contribution in [0.25, 0.3) is 0 Å². The van der Waals surface area contributed by atoms with Crippen molar-refractivity contribution in [2.24, 2.45) is 5.92 Å². The summed E-state index contributed by atoms with van der Waals surface area (Å²) in [6.45, 7) is 13.4. The lowest BCUT2D eigenvalue weighted by molar-refractivity contribution is 0.441. The Labute approximate surface area is 106 Å². The summed E-state index contributed by atoms with van der Waals surface area (Å²) in [7, 11) is 0. The van der Waals surface area contributed by atoms with Crippen molar-refractivity contribution in [1.29, 1.82) is 0 Å². The van der Waals surface area contributed by atoms with E-state index in [1.807, 2.05) is 0 Å². The van der Waals surface area contributed by atoms with E-state index in [4.69, 9.17) is 0 Å². The van der Waals surface area contributed by atoms with E-state index in [9.17, 15) is 0 Å². The van der Waals surface area contributed by atoms with E-state index in [2.05, 4.69) is 56.8 Å². The van der Waals surface area contributed by atoms with Crippen LogP contribution in [0.4, 0.5) is 0 Å². The molecule has 0 saturated carbocycles. The second kappa shape index (κ2) is 6.85. The molecular weight excluding hydrogens is 208 g/mol. The van der Waals surface area contributed by atoms with Gasteiger partial charge in [-0.3, -0.25) is 0 Å². The fourth-order valence-electron chi connectivity index (χ4n) is 2.22. The molecule has 0 radical (unpaired) electrons. The van der Waals surface area contributed by atoms with Gasteiger partial charge in [-0.2, -0.15) is 0 Å². The zero-order chi connectivity index (χ0) is 12.8. The monoisotopic (exact) mass is 236 g/mol. The average Bonchev–Trinajstić information content (AvgIpc) is 2.58. The summed E-state index contributed by atoms with van der Waals surface area (Å²) in [6.07, 6.45) is 4.83. The molecule has 2 nitrogen and oxygen atoms in total. The third kappa shape index (κ3) is 4.55. The summed E-state index contributed by atoms with van der Waals surface area (Å²) in [5.41, 5.74) is 2.85. The van der Waals surface area contributed by atoms with E-state index in [0.29, 0.717) is 6.04 Å². The van der Waals surface area contributed by atoms with Gasteiger partial charge in [-0.25, -0.2) is 0 Å². The molecule has 0 aliphatic rings. The van der Waals surface area contributed by atoms with Gasteiger partial charge in [0.25, 0.3) is 0 Å². The molecule has 1 heterocycles. The Morgan fingerprint density at radius 1 is 1.29 bits per heavy atom. The van der Waals surface area contributed by atoms with E-state index >= 15 is 0 Å². The topological polar surface area (TPSA) is 17.0 Å². The molecule has 0 aliphatic carbocycles. The standard InChI is InChI=1S/C15H28N2/c1-6-7-13(4)11-17-9-8-15(14(17)5)10-16-12(2)3/h8-9,12-13,16H,6-7,10-11H2,1-5H3. The van der Waals surface area contributed by atoms with Gasteiger partial charge >= 0.3 is 0 Å². The van der Waals surface area contributed by atoms with Crippen molar-refractivity contribution in [2.45, 2.75) is 66.6 Å². The highest BCUT2D eigenvalue weighted by atomic mass is 15.0. The molecule has 0 amide bonds. The lowest BCUT2D eigenvalue weighted by Gasteiger charge is -2.14. The molecule has 1 aromatic rings. The molecule has 1 N–H and O–H groups in total. The van der Waals surface area contributed by atoms with Crippen LogP contribution in [-0.4, -0.2) is 10.6 Å². The van der Waals surface area contributed by atoms with Crippen molar-refractivity contribution in [1.82, 2.24) is 9.88 Å². The van der Waals surface area contributed by atoms with E-state index < -0.39 is 0 Å². The van der Waals surface area contributed by atoms with Crippen molar-refractivity contribution in [3.8, 4) is 0 Å². The predicted octanol–water partition coefficient (Wildman–Crippen LogP) is 3.73. The fraction of sp³-hybridized carbons (Fsp3) is 0.733. The molecule has 1 atom stereocenters. The van der Waals surface area contributed by atoms with Crippen molar-refractivity contribution in [2.75, 3.05) is 0 Å². The normalized spacial score (nSPS) is 13.3. The minimum atomic E-state index is 0.553. The molecule has 0 fully saturated rings. The summed E-state index contributed by atoms with van der Waals surface area (Å²) < 4.78 is 2.40. The van der Waals surface area contributed by atoms with Crippen molar-refractivity contribution in [3.63, 3.8) is 0 Å². The minimum Gasteiger partial charge on any atom is -0.351 e. The Kier molecular flexibility index (Phi) is 5.76. The van der Waals surface area contributed by atoms with Crippen LogP contribution in [0.1, 0.15) is 51.8 Å². The van der Waals surface area contributed by atoms with Crippen molar-refractivity contribution in [3.05, 3.63) is 23.5 Å². The van der Waals surface area contributed by atoms with Crippen LogP contribution in [0.5, 0.6) is 0 Å². The van der Waals surface area contributed by atoms with Crippen LogP contribution < -0.4 is 5.32 Å². The fourth-order valence-corrected chi connectivity index (χ4v) is 2.22. The number of aromatic nitrogens is 1. The first-order valence-electron chi connectivity index (χ1n) is 6.92. The zero-order valence-electron chi connectivity index (χ0n) is 12.1. The third-order valence-electron chi connectivity index (χ3n) is 3.34. The van der Waals surface area contributed by atoms with Crippen LogP contribution in [-0.2, 0) is 13.1 Å². The summed E-state index contributed by atoms with van der Waals surface area (Å²) in [6, 6.07) is 2.81. The summed E-state index contributed by atoms with van der Waals surface area (Å²) in [5, 5.41) is 3.48. The summed E-state index contributed by atoms with van der Waals surface area (Å²) in [4.78, 5) is 0. The molecule has 1 aromatic heterocycles. The zero-order valence-corrected chi connectivity index (χ0v) is 12.1. The Hall–Kier alpha value is -0.760. The number of hydrogen-bond donors (Lipinski definition) is 1. The minimum absolute atomic E-state index is 0.553. The molecule has 0 aromatic carbocycles. The van der Waals surface area contributed by atoms with Gasteiger partial charge < -0.3 is 9.88 Å². The van der Waals surface area contributed by atoms with E-state index in [-0.39, 0.29) is 0 Å². The Morgan fingerprint density at radius 3 is 2.59 bits per heavy atom. The van der Waals surface area contributed by atoms with Crippen molar-refractivity contribution >= 4 is 0 Å². The molecule has 98 valence electrons. The van der Waals surface area contributed by atoms with Crippen LogP contribution in [0.3, 0.4) is 0 Å². The number of rotatable bonds is 7. The summed E-state index contributed by atoms with van der Waals surface area (Å²) in [5.74, 6) is 0.775. The highest BCUT2D eigenvalue weighted by Crippen LogP contribution is 2.15. The van der Waals surface area contributed by atoms with Gasteiger partial charge in [0, 0.05) is 31.0 Å². The first-order chi connectivity index (χ1) is 8.04. The second-order valence-electron chi connectivity index (χ2n) is 5.51. The van der Waals surface area contributed by atoms with Gasteiger partial charge in [-0.15, -0.1) is 0 Å². The summed E-state index contributed by atoms with van der Waals surface area (Å²) >= 11 is 0. The highest BCUT2D eigenvalue weighted by molar-refractivity contribution is 5.21. The van der Waals surface area contributed by atoms with E-state index in [1.54, 1.807) is 0 Å². The first-order valence-corrected chi connectivity index (χ1v) is 6.92. The molecular formula is C15H28N2. The quantitative estimate of drug-likeness (QED) is 0.763. The van der Waals surface area contributed by atoms with E-state index in [1.165, 1.54) is 24.1 Å². The molecule has 17 heavy (non-hydrogen) atoms. The van der Waals surface area contributed by atoms with Gasteiger partial charge in [0.1, 0.15) is 0 Å². The lowest BCUT2D eigenvalue weighted by atomic mass is 10.1. The smallest absolute Gasteiger partial charge is 0.0247 e. The maximum Gasteiger partial charge on any atom is 0.0247 e. The lowest BCUT2D eigenvalue weighted by Crippen LogP contribution is -2.22. The van der Waals surface area contributed by atoms with Crippen LogP contribution >= 0.6 is 0 Å². The van der Waals surface area contributed by atoms with Gasteiger partial charge in [-0.1, -0.05) is 34.1 Å². The van der Waals surface area contributed by atoms with Gasteiger partial charge in [0.15, 0.2) is 0 Å². The second-order valence-corrected chi connectivity index (χ2v) is 5.51.